The van der Waals surface area contributed by atoms with Gasteiger partial charge in [0.1, 0.15) is 18.6 Å². The Morgan fingerprint density at radius 3 is 2.33 bits per heavy atom. The van der Waals surface area contributed by atoms with Gasteiger partial charge >= 0.3 is 12.2 Å². The fourth-order valence-electron chi connectivity index (χ4n) is 3.27. The first-order valence-electron chi connectivity index (χ1n) is 6.79. The van der Waals surface area contributed by atoms with Gasteiger partial charge in [-0.1, -0.05) is 0 Å². The first-order valence-corrected chi connectivity index (χ1v) is 6.79. The zero-order valence-electron chi connectivity index (χ0n) is 11.1. The molecule has 6 nitrogen and oxygen atoms in total. The summed E-state index contributed by atoms with van der Waals surface area (Å²) in [6, 6.07) is -2.17. The second-order valence-corrected chi connectivity index (χ2v) is 5.52. The predicted octanol–water partition coefficient (Wildman–Crippen LogP) is 0.576. The molecule has 21 heavy (non-hydrogen) atoms. The molecule has 3 aliphatic heterocycles. The van der Waals surface area contributed by atoms with Gasteiger partial charge in [0.2, 0.25) is 5.91 Å². The third-order valence-corrected chi connectivity index (χ3v) is 4.18. The molecule has 3 aliphatic rings. The summed E-state index contributed by atoms with van der Waals surface area (Å²) in [5.41, 5.74) is 0. The minimum atomic E-state index is -4.48. The summed E-state index contributed by atoms with van der Waals surface area (Å²) in [5.74, 6) is -1.25. The van der Waals surface area contributed by atoms with E-state index in [0.29, 0.717) is 17.9 Å². The zero-order chi connectivity index (χ0) is 15.4. The summed E-state index contributed by atoms with van der Waals surface area (Å²) in [5, 5.41) is 0. The van der Waals surface area contributed by atoms with Gasteiger partial charge in [-0.05, 0) is 19.3 Å². The van der Waals surface area contributed by atoms with Crippen LogP contribution in [0.4, 0.5) is 18.0 Å². The van der Waals surface area contributed by atoms with Gasteiger partial charge < -0.3 is 9.80 Å². The van der Waals surface area contributed by atoms with E-state index in [1.165, 1.54) is 4.90 Å². The topological polar surface area (TPSA) is 60.9 Å². The number of carbonyl (C=O) groups is 3. The maximum atomic E-state index is 12.4. The minimum absolute atomic E-state index is 0.0625. The van der Waals surface area contributed by atoms with Crippen LogP contribution >= 0.6 is 0 Å². The maximum absolute atomic E-state index is 12.4. The van der Waals surface area contributed by atoms with Crippen molar-refractivity contribution in [2.75, 3.05) is 19.6 Å². The molecule has 3 fully saturated rings. The van der Waals surface area contributed by atoms with E-state index in [4.69, 9.17) is 0 Å². The van der Waals surface area contributed by atoms with Gasteiger partial charge in [-0.25, -0.2) is 9.69 Å². The molecule has 0 unspecified atom stereocenters. The normalized spacial score (nSPS) is 29.9. The van der Waals surface area contributed by atoms with Crippen LogP contribution < -0.4 is 0 Å². The molecule has 3 rings (SSSR count). The molecule has 9 heteroatoms. The molecule has 0 aromatic carbocycles. The summed E-state index contributed by atoms with van der Waals surface area (Å²) in [7, 11) is 0. The Kier molecular flexibility index (Phi) is 3.10. The van der Waals surface area contributed by atoms with Crippen LogP contribution in [0.5, 0.6) is 0 Å². The Balaban J connectivity index is 1.75. The number of amides is 4. The fraction of sp³-hybridized carbons (Fsp3) is 0.750. The minimum Gasteiger partial charge on any atom is -0.332 e. The molecule has 0 spiro atoms. The summed E-state index contributed by atoms with van der Waals surface area (Å²) in [6.07, 6.45) is -3.14. The van der Waals surface area contributed by atoms with Gasteiger partial charge in [0, 0.05) is 13.1 Å². The lowest BCUT2D eigenvalue weighted by Crippen LogP contribution is -2.47. The zero-order valence-corrected chi connectivity index (χ0v) is 11.1. The summed E-state index contributed by atoms with van der Waals surface area (Å²) < 4.78 is 37.1. The van der Waals surface area contributed by atoms with Crippen molar-refractivity contribution in [1.29, 1.82) is 0 Å². The van der Waals surface area contributed by atoms with Crippen molar-refractivity contribution in [2.45, 2.75) is 37.5 Å². The Morgan fingerprint density at radius 1 is 1.00 bits per heavy atom. The summed E-state index contributed by atoms with van der Waals surface area (Å²) in [6.45, 7) is -0.977. The van der Waals surface area contributed by atoms with E-state index in [9.17, 15) is 27.6 Å². The van der Waals surface area contributed by atoms with Gasteiger partial charge in [-0.3, -0.25) is 9.59 Å². The van der Waals surface area contributed by atoms with Crippen LogP contribution in [-0.2, 0) is 9.59 Å². The number of imide groups is 1. The second kappa shape index (κ2) is 4.60. The monoisotopic (exact) mass is 305 g/mol. The highest BCUT2D eigenvalue weighted by molar-refractivity contribution is 6.08. The third-order valence-electron chi connectivity index (χ3n) is 4.18. The van der Waals surface area contributed by atoms with Crippen molar-refractivity contribution in [1.82, 2.24) is 14.7 Å². The van der Waals surface area contributed by atoms with E-state index in [0.717, 1.165) is 11.3 Å². The van der Waals surface area contributed by atoms with E-state index in [-0.39, 0.29) is 13.0 Å². The first-order chi connectivity index (χ1) is 9.79. The van der Waals surface area contributed by atoms with Crippen LogP contribution in [0.25, 0.3) is 0 Å². The van der Waals surface area contributed by atoms with Crippen LogP contribution in [0.2, 0.25) is 0 Å². The number of likely N-dealkylation sites (tertiary alicyclic amines) is 1. The molecule has 3 saturated heterocycles. The van der Waals surface area contributed by atoms with Crippen LogP contribution in [0, 0.1) is 0 Å². The Hall–Kier alpha value is -1.80. The summed E-state index contributed by atoms with van der Waals surface area (Å²) >= 11 is 0. The molecule has 116 valence electrons. The van der Waals surface area contributed by atoms with Crippen LogP contribution in [0.3, 0.4) is 0 Å². The van der Waals surface area contributed by atoms with Gasteiger partial charge in [0.15, 0.2) is 0 Å². The summed E-state index contributed by atoms with van der Waals surface area (Å²) in [4.78, 5) is 39.3. The smallest absolute Gasteiger partial charge is 0.332 e. The van der Waals surface area contributed by atoms with Crippen molar-refractivity contribution in [3.63, 3.8) is 0 Å². The van der Waals surface area contributed by atoms with E-state index >= 15 is 0 Å². The molecule has 0 bridgehead atoms. The van der Waals surface area contributed by atoms with Crippen LogP contribution in [0.15, 0.2) is 0 Å². The Morgan fingerprint density at radius 2 is 1.71 bits per heavy atom. The first kappa shape index (κ1) is 14.2. The fourth-order valence-corrected chi connectivity index (χ4v) is 3.27. The number of rotatable bonds is 2. The largest absolute Gasteiger partial charge is 0.406 e. The number of nitrogens with zero attached hydrogens (tertiary/aromatic N) is 3. The number of carbonyl (C=O) groups excluding carboxylic acids is 3. The molecular formula is C12H14F3N3O3. The quantitative estimate of drug-likeness (QED) is 0.701. The number of hydrogen-bond acceptors (Lipinski definition) is 3. The lowest BCUT2D eigenvalue weighted by molar-refractivity contribution is -0.159. The Bertz CT molecular complexity index is 486. The number of hydrogen-bond donors (Lipinski definition) is 0. The highest BCUT2D eigenvalue weighted by atomic mass is 19.4. The van der Waals surface area contributed by atoms with Crippen LogP contribution in [0.1, 0.15) is 19.3 Å². The molecule has 0 N–H and O–H groups in total. The molecule has 0 saturated carbocycles. The molecule has 2 atom stereocenters. The second-order valence-electron chi connectivity index (χ2n) is 5.52. The molecule has 4 amide bonds. The highest BCUT2D eigenvalue weighted by Gasteiger charge is 2.53. The van der Waals surface area contributed by atoms with E-state index in [2.05, 4.69) is 0 Å². The van der Waals surface area contributed by atoms with Crippen molar-refractivity contribution >= 4 is 17.8 Å². The lowest BCUT2D eigenvalue weighted by Gasteiger charge is -2.22. The molecule has 0 radical (unpaired) electrons. The predicted molar refractivity (Wildman–Crippen MR) is 63.0 cm³/mol. The molecular weight excluding hydrogens is 291 g/mol. The maximum Gasteiger partial charge on any atom is 0.406 e. The molecule has 0 aliphatic carbocycles. The van der Waals surface area contributed by atoms with Crippen molar-refractivity contribution < 1.29 is 27.6 Å². The number of urea groups is 1. The van der Waals surface area contributed by atoms with Crippen molar-refractivity contribution in [3.8, 4) is 0 Å². The van der Waals surface area contributed by atoms with Crippen LogP contribution in [-0.4, -0.2) is 70.4 Å². The van der Waals surface area contributed by atoms with Crippen molar-refractivity contribution in [2.24, 2.45) is 0 Å². The standard InChI is InChI=1S/C12H14F3N3O3/c13-12(14,15)6-16-5-3-8(9(16)19)18-10(20)7-2-1-4-17(7)11(18)21/h7-8H,1-6H2/t7-,8-/m0/s1. The third kappa shape index (κ3) is 2.24. The van der Waals surface area contributed by atoms with Gasteiger partial charge in [-0.2, -0.15) is 13.2 Å². The van der Waals surface area contributed by atoms with Crippen molar-refractivity contribution in [3.05, 3.63) is 0 Å². The van der Waals surface area contributed by atoms with Gasteiger partial charge in [0.25, 0.3) is 5.91 Å². The van der Waals surface area contributed by atoms with Gasteiger partial charge in [-0.15, -0.1) is 0 Å². The molecule has 3 heterocycles. The lowest BCUT2D eigenvalue weighted by atomic mass is 10.1. The number of fused-ring (bicyclic) bond motifs is 1. The average Bonchev–Trinajstić information content (AvgIpc) is 3.02. The molecule has 0 aromatic heterocycles. The van der Waals surface area contributed by atoms with Gasteiger partial charge in [0.05, 0.1) is 0 Å². The van der Waals surface area contributed by atoms with E-state index in [1.54, 1.807) is 0 Å². The number of alkyl halides is 3. The molecule has 0 aromatic rings. The highest BCUT2D eigenvalue weighted by Crippen LogP contribution is 2.32. The number of halogens is 3. The van der Waals surface area contributed by atoms with E-state index in [1.807, 2.05) is 0 Å². The average molecular weight is 305 g/mol. The van der Waals surface area contributed by atoms with E-state index < -0.39 is 42.7 Å². The SMILES string of the molecule is O=C1[C@@H](N2C(=O)[C@@H]3CCCN3C2=O)CCN1CC(F)(F)F. The Labute approximate surface area is 118 Å².